The fourth-order valence-electron chi connectivity index (χ4n) is 4.04. The van der Waals surface area contributed by atoms with Crippen LogP contribution in [0.4, 0.5) is 11.4 Å². The van der Waals surface area contributed by atoms with Gasteiger partial charge in [-0.1, -0.05) is 44.0 Å². The fourth-order valence-corrected chi connectivity index (χ4v) is 5.22. The minimum absolute atomic E-state index is 0.0285. The van der Waals surface area contributed by atoms with Crippen LogP contribution in [-0.4, -0.2) is 17.6 Å². The number of aryl methyl sites for hydroxylation is 1. The smallest absolute Gasteiger partial charge is 0.238 e. The normalized spacial score (nSPS) is 20.0. The van der Waals surface area contributed by atoms with Crippen LogP contribution in [0.5, 0.6) is 0 Å². The SMILES string of the molecule is CCc1cccc(N2C(=O)CS[C@H]2c2ccc(NC(=O)C3CCCC3)cc2)c1. The predicted octanol–water partition coefficient (Wildman–Crippen LogP) is 5.16. The Bertz CT molecular complexity index is 859. The van der Waals surface area contributed by atoms with Crippen molar-refractivity contribution >= 4 is 35.0 Å². The molecule has 0 radical (unpaired) electrons. The summed E-state index contributed by atoms with van der Waals surface area (Å²) in [5.74, 6) is 0.917. The van der Waals surface area contributed by atoms with Gasteiger partial charge in [-0.25, -0.2) is 0 Å². The van der Waals surface area contributed by atoms with Crippen LogP contribution in [0.15, 0.2) is 48.5 Å². The van der Waals surface area contributed by atoms with E-state index in [1.54, 1.807) is 11.8 Å². The van der Waals surface area contributed by atoms with Gasteiger partial charge in [0, 0.05) is 17.3 Å². The van der Waals surface area contributed by atoms with Crippen molar-refractivity contribution in [2.45, 2.75) is 44.4 Å². The summed E-state index contributed by atoms with van der Waals surface area (Å²) in [5.41, 5.74) is 4.09. The maximum atomic E-state index is 12.6. The summed E-state index contributed by atoms with van der Waals surface area (Å²) < 4.78 is 0. The molecule has 1 atom stereocenters. The number of hydrogen-bond donors (Lipinski definition) is 1. The summed E-state index contributed by atoms with van der Waals surface area (Å²) in [4.78, 5) is 26.8. The van der Waals surface area contributed by atoms with E-state index in [4.69, 9.17) is 0 Å². The van der Waals surface area contributed by atoms with Crippen LogP contribution < -0.4 is 10.2 Å². The van der Waals surface area contributed by atoms with Crippen LogP contribution in [0, 0.1) is 5.92 Å². The number of anilines is 2. The molecule has 1 saturated heterocycles. The van der Waals surface area contributed by atoms with Crippen LogP contribution in [0.1, 0.15) is 49.1 Å². The first-order valence-electron chi connectivity index (χ1n) is 10.1. The lowest BCUT2D eigenvalue weighted by atomic mass is 10.1. The van der Waals surface area contributed by atoms with E-state index in [-0.39, 0.29) is 23.1 Å². The molecule has 2 aromatic rings. The van der Waals surface area contributed by atoms with E-state index < -0.39 is 0 Å². The zero-order valence-corrected chi connectivity index (χ0v) is 17.0. The first-order chi connectivity index (χ1) is 13.7. The summed E-state index contributed by atoms with van der Waals surface area (Å²) in [6.07, 6.45) is 5.24. The Morgan fingerprint density at radius 2 is 1.89 bits per heavy atom. The Morgan fingerprint density at radius 1 is 1.14 bits per heavy atom. The molecule has 1 N–H and O–H groups in total. The molecule has 5 heteroatoms. The van der Waals surface area contributed by atoms with Crippen molar-refractivity contribution in [3.8, 4) is 0 Å². The number of nitrogens with one attached hydrogen (secondary N) is 1. The predicted molar refractivity (Wildman–Crippen MR) is 116 cm³/mol. The molecule has 0 aromatic heterocycles. The zero-order valence-electron chi connectivity index (χ0n) is 16.2. The molecular weight excluding hydrogens is 368 g/mol. The second-order valence-electron chi connectivity index (χ2n) is 7.54. The molecule has 4 nitrogen and oxygen atoms in total. The second-order valence-corrected chi connectivity index (χ2v) is 8.61. The van der Waals surface area contributed by atoms with E-state index in [9.17, 15) is 9.59 Å². The molecule has 2 aliphatic rings. The fraction of sp³-hybridized carbons (Fsp3) is 0.391. The highest BCUT2D eigenvalue weighted by Gasteiger charge is 2.34. The largest absolute Gasteiger partial charge is 0.326 e. The highest BCUT2D eigenvalue weighted by atomic mass is 32.2. The first kappa shape index (κ1) is 19.1. The van der Waals surface area contributed by atoms with Crippen LogP contribution in [0.25, 0.3) is 0 Å². The molecule has 1 heterocycles. The topological polar surface area (TPSA) is 49.4 Å². The van der Waals surface area contributed by atoms with E-state index in [2.05, 4.69) is 24.4 Å². The highest BCUT2D eigenvalue weighted by molar-refractivity contribution is 8.00. The summed E-state index contributed by atoms with van der Waals surface area (Å²) in [6, 6.07) is 16.2. The van der Waals surface area contributed by atoms with Crippen molar-refractivity contribution in [2.75, 3.05) is 16.0 Å². The van der Waals surface area contributed by atoms with Gasteiger partial charge in [-0.15, -0.1) is 11.8 Å². The molecule has 28 heavy (non-hydrogen) atoms. The molecule has 0 unspecified atom stereocenters. The van der Waals surface area contributed by atoms with E-state index in [0.717, 1.165) is 49.0 Å². The lowest BCUT2D eigenvalue weighted by molar-refractivity contribution is -0.119. The van der Waals surface area contributed by atoms with Gasteiger partial charge in [0.25, 0.3) is 0 Å². The molecule has 1 aliphatic heterocycles. The molecule has 2 amide bonds. The van der Waals surface area contributed by atoms with E-state index >= 15 is 0 Å². The number of thioether (sulfide) groups is 1. The second kappa shape index (κ2) is 8.39. The molecule has 2 fully saturated rings. The molecule has 1 aliphatic carbocycles. The van der Waals surface area contributed by atoms with Gasteiger partial charge in [0.15, 0.2) is 0 Å². The number of rotatable bonds is 5. The van der Waals surface area contributed by atoms with Gasteiger partial charge < -0.3 is 5.32 Å². The lowest BCUT2D eigenvalue weighted by Crippen LogP contribution is -2.27. The quantitative estimate of drug-likeness (QED) is 0.762. The van der Waals surface area contributed by atoms with Crippen molar-refractivity contribution < 1.29 is 9.59 Å². The summed E-state index contributed by atoms with van der Waals surface area (Å²) in [6.45, 7) is 2.12. The van der Waals surface area contributed by atoms with Gasteiger partial charge in [-0.3, -0.25) is 14.5 Å². The van der Waals surface area contributed by atoms with Crippen molar-refractivity contribution in [3.63, 3.8) is 0 Å². The van der Waals surface area contributed by atoms with Crippen molar-refractivity contribution in [3.05, 3.63) is 59.7 Å². The Kier molecular flexibility index (Phi) is 5.72. The zero-order chi connectivity index (χ0) is 19.5. The Labute approximate surface area is 170 Å². The third-order valence-corrected chi connectivity index (χ3v) is 6.87. The molecule has 146 valence electrons. The third-order valence-electron chi connectivity index (χ3n) is 5.65. The van der Waals surface area contributed by atoms with Gasteiger partial charge in [0.1, 0.15) is 5.37 Å². The van der Waals surface area contributed by atoms with Crippen LogP contribution in [0.2, 0.25) is 0 Å². The third kappa shape index (κ3) is 3.95. The summed E-state index contributed by atoms with van der Waals surface area (Å²) in [7, 11) is 0. The molecular formula is C23H26N2O2S. The van der Waals surface area contributed by atoms with E-state index in [1.165, 1.54) is 5.56 Å². The Hall–Kier alpha value is -2.27. The first-order valence-corrected chi connectivity index (χ1v) is 11.1. The standard InChI is InChI=1S/C23H26N2O2S/c1-2-16-6-5-9-20(14-16)25-21(26)15-28-23(25)18-10-12-19(13-11-18)24-22(27)17-7-3-4-8-17/h5-6,9-14,17,23H,2-4,7-8,15H2,1H3,(H,24,27)/t23-/m0/s1. The molecule has 2 aromatic carbocycles. The van der Waals surface area contributed by atoms with Gasteiger partial charge in [0.05, 0.1) is 5.75 Å². The molecule has 1 saturated carbocycles. The number of carbonyl (C=O) groups is 2. The summed E-state index contributed by atoms with van der Waals surface area (Å²) >= 11 is 1.65. The average molecular weight is 395 g/mol. The maximum absolute atomic E-state index is 12.6. The average Bonchev–Trinajstić information content (AvgIpc) is 3.39. The van der Waals surface area contributed by atoms with Gasteiger partial charge in [-0.2, -0.15) is 0 Å². The maximum Gasteiger partial charge on any atom is 0.238 e. The number of nitrogens with zero attached hydrogens (tertiary/aromatic N) is 1. The minimum atomic E-state index is -0.0285. The van der Waals surface area contributed by atoms with Crippen molar-refractivity contribution in [1.82, 2.24) is 0 Å². The molecule has 4 rings (SSSR count). The Balaban J connectivity index is 1.50. The lowest BCUT2D eigenvalue weighted by Gasteiger charge is -2.25. The number of benzene rings is 2. The number of amides is 2. The highest BCUT2D eigenvalue weighted by Crippen LogP contribution is 2.42. The minimum Gasteiger partial charge on any atom is -0.326 e. The number of carbonyl (C=O) groups excluding carboxylic acids is 2. The van der Waals surface area contributed by atoms with Crippen LogP contribution >= 0.6 is 11.8 Å². The number of hydrogen-bond acceptors (Lipinski definition) is 3. The van der Waals surface area contributed by atoms with Crippen LogP contribution in [0.3, 0.4) is 0 Å². The monoisotopic (exact) mass is 394 g/mol. The van der Waals surface area contributed by atoms with Crippen LogP contribution in [-0.2, 0) is 16.0 Å². The van der Waals surface area contributed by atoms with Gasteiger partial charge in [-0.05, 0) is 54.7 Å². The van der Waals surface area contributed by atoms with E-state index in [1.807, 2.05) is 41.3 Å². The summed E-state index contributed by atoms with van der Waals surface area (Å²) in [5, 5.41) is 3.01. The van der Waals surface area contributed by atoms with Crippen molar-refractivity contribution in [1.29, 1.82) is 0 Å². The van der Waals surface area contributed by atoms with Gasteiger partial charge >= 0.3 is 0 Å². The molecule has 0 spiro atoms. The Morgan fingerprint density at radius 3 is 2.61 bits per heavy atom. The van der Waals surface area contributed by atoms with E-state index in [0.29, 0.717) is 5.75 Å². The van der Waals surface area contributed by atoms with Crippen molar-refractivity contribution in [2.24, 2.45) is 5.92 Å². The van der Waals surface area contributed by atoms with Gasteiger partial charge in [0.2, 0.25) is 11.8 Å². The molecule has 0 bridgehead atoms.